The van der Waals surface area contributed by atoms with Gasteiger partial charge in [-0.25, -0.2) is 9.37 Å². The van der Waals surface area contributed by atoms with Gasteiger partial charge >= 0.3 is 0 Å². The predicted octanol–water partition coefficient (Wildman–Crippen LogP) is 5.23. The van der Waals surface area contributed by atoms with E-state index < -0.39 is 0 Å². The standard InChI is InChI=1S/C25H26FN3O/c1-18-4-9-23-22(15-18)27-25(24-3-2-12-29(23)24)30-17-20-10-13-28(14-11-20)16-19-5-7-21(26)8-6-19/h2-9,12,15,20H,10-11,13-14,16-17H2,1H3. The van der Waals surface area contributed by atoms with Crippen LogP contribution in [-0.4, -0.2) is 34.0 Å². The summed E-state index contributed by atoms with van der Waals surface area (Å²) in [5.74, 6) is 1.07. The third-order valence-electron chi connectivity index (χ3n) is 6.06. The summed E-state index contributed by atoms with van der Waals surface area (Å²) in [5.41, 5.74) is 5.43. The van der Waals surface area contributed by atoms with Gasteiger partial charge in [-0.05, 0) is 86.3 Å². The number of benzene rings is 2. The first kappa shape index (κ1) is 19.1. The number of fused-ring (bicyclic) bond motifs is 3. The molecule has 0 aliphatic carbocycles. The Morgan fingerprint density at radius 2 is 1.83 bits per heavy atom. The van der Waals surface area contributed by atoms with Crippen LogP contribution < -0.4 is 4.74 Å². The summed E-state index contributed by atoms with van der Waals surface area (Å²) in [6, 6.07) is 17.3. The number of halogens is 1. The highest BCUT2D eigenvalue weighted by Gasteiger charge is 2.21. The molecule has 2 aromatic heterocycles. The molecule has 3 heterocycles. The second-order valence-corrected chi connectivity index (χ2v) is 8.33. The van der Waals surface area contributed by atoms with E-state index >= 15 is 0 Å². The molecule has 1 saturated heterocycles. The van der Waals surface area contributed by atoms with Crippen molar-refractivity contribution in [1.29, 1.82) is 0 Å². The fourth-order valence-corrected chi connectivity index (χ4v) is 4.32. The van der Waals surface area contributed by atoms with E-state index in [0.717, 1.165) is 54.6 Å². The van der Waals surface area contributed by atoms with Crippen LogP contribution in [0.15, 0.2) is 60.8 Å². The van der Waals surface area contributed by atoms with Gasteiger partial charge in [-0.2, -0.15) is 0 Å². The van der Waals surface area contributed by atoms with E-state index in [1.165, 1.54) is 17.7 Å². The molecule has 0 radical (unpaired) electrons. The number of likely N-dealkylation sites (tertiary alicyclic amines) is 1. The molecule has 0 N–H and O–H groups in total. The number of nitrogens with zero attached hydrogens (tertiary/aromatic N) is 3. The van der Waals surface area contributed by atoms with Crippen molar-refractivity contribution < 1.29 is 9.13 Å². The SMILES string of the molecule is Cc1ccc2c(c1)nc(OCC1CCN(Cc3ccc(F)cc3)CC1)c1cccn12. The fraction of sp³-hybridized carbons (Fsp3) is 0.320. The van der Waals surface area contributed by atoms with E-state index in [2.05, 4.69) is 46.7 Å². The summed E-state index contributed by atoms with van der Waals surface area (Å²) >= 11 is 0. The maximum atomic E-state index is 13.1. The average Bonchev–Trinajstić information content (AvgIpc) is 3.25. The highest BCUT2D eigenvalue weighted by atomic mass is 19.1. The maximum Gasteiger partial charge on any atom is 0.238 e. The van der Waals surface area contributed by atoms with Crippen LogP contribution >= 0.6 is 0 Å². The highest BCUT2D eigenvalue weighted by molar-refractivity contribution is 5.81. The van der Waals surface area contributed by atoms with Crippen LogP contribution in [0, 0.1) is 18.7 Å². The Labute approximate surface area is 175 Å². The summed E-state index contributed by atoms with van der Waals surface area (Å²) in [4.78, 5) is 7.25. The average molecular weight is 404 g/mol. The number of aromatic nitrogens is 2. The van der Waals surface area contributed by atoms with Crippen molar-refractivity contribution in [2.24, 2.45) is 5.92 Å². The molecule has 30 heavy (non-hydrogen) atoms. The number of rotatable bonds is 5. The summed E-state index contributed by atoms with van der Waals surface area (Å²) in [5, 5.41) is 0. The van der Waals surface area contributed by atoms with Gasteiger partial charge in [-0.1, -0.05) is 18.2 Å². The van der Waals surface area contributed by atoms with Gasteiger partial charge in [-0.15, -0.1) is 0 Å². The van der Waals surface area contributed by atoms with Crippen molar-refractivity contribution in [3.05, 3.63) is 77.7 Å². The number of aryl methyl sites for hydroxylation is 1. The minimum absolute atomic E-state index is 0.177. The normalized spacial score (nSPS) is 15.8. The third-order valence-corrected chi connectivity index (χ3v) is 6.06. The van der Waals surface area contributed by atoms with Crippen molar-refractivity contribution >= 4 is 16.6 Å². The zero-order valence-electron chi connectivity index (χ0n) is 17.2. The van der Waals surface area contributed by atoms with E-state index in [0.29, 0.717) is 18.4 Å². The molecule has 0 unspecified atom stereocenters. The zero-order chi connectivity index (χ0) is 20.5. The second kappa shape index (κ2) is 8.07. The van der Waals surface area contributed by atoms with Gasteiger partial charge in [-0.3, -0.25) is 4.90 Å². The molecule has 0 atom stereocenters. The monoisotopic (exact) mass is 403 g/mol. The van der Waals surface area contributed by atoms with E-state index in [1.54, 1.807) is 0 Å². The molecule has 2 aromatic carbocycles. The molecule has 154 valence electrons. The molecule has 1 aliphatic rings. The molecule has 5 heteroatoms. The fourth-order valence-electron chi connectivity index (χ4n) is 4.32. The third kappa shape index (κ3) is 3.90. The summed E-state index contributed by atoms with van der Waals surface area (Å²) in [7, 11) is 0. The van der Waals surface area contributed by atoms with Crippen molar-refractivity contribution in [1.82, 2.24) is 14.3 Å². The van der Waals surface area contributed by atoms with Crippen LogP contribution in [0.5, 0.6) is 5.88 Å². The topological polar surface area (TPSA) is 29.8 Å². The summed E-state index contributed by atoms with van der Waals surface area (Å²) in [6.07, 6.45) is 4.27. The van der Waals surface area contributed by atoms with Crippen LogP contribution in [0.2, 0.25) is 0 Å². The Hall–Kier alpha value is -2.92. The quantitative estimate of drug-likeness (QED) is 0.457. The van der Waals surface area contributed by atoms with Crippen LogP contribution in [0.4, 0.5) is 4.39 Å². The molecule has 4 aromatic rings. The molecular weight excluding hydrogens is 377 g/mol. The largest absolute Gasteiger partial charge is 0.476 e. The van der Waals surface area contributed by atoms with Crippen LogP contribution in [-0.2, 0) is 6.54 Å². The molecular formula is C25H26FN3O. The second-order valence-electron chi connectivity index (χ2n) is 8.33. The molecule has 1 fully saturated rings. The first-order chi connectivity index (χ1) is 14.7. The molecule has 1 aliphatic heterocycles. The van der Waals surface area contributed by atoms with Gasteiger partial charge in [0, 0.05) is 12.7 Å². The summed E-state index contributed by atoms with van der Waals surface area (Å²) in [6.45, 7) is 5.73. The van der Waals surface area contributed by atoms with E-state index in [4.69, 9.17) is 9.72 Å². The van der Waals surface area contributed by atoms with E-state index in [-0.39, 0.29) is 5.82 Å². The Morgan fingerprint density at radius 3 is 2.63 bits per heavy atom. The first-order valence-corrected chi connectivity index (χ1v) is 10.6. The Morgan fingerprint density at radius 1 is 1.03 bits per heavy atom. The van der Waals surface area contributed by atoms with Crippen molar-refractivity contribution in [3.8, 4) is 5.88 Å². The van der Waals surface area contributed by atoms with Crippen molar-refractivity contribution in [3.63, 3.8) is 0 Å². The van der Waals surface area contributed by atoms with Gasteiger partial charge < -0.3 is 9.14 Å². The molecule has 0 amide bonds. The van der Waals surface area contributed by atoms with Crippen LogP contribution in [0.1, 0.15) is 24.0 Å². The molecule has 0 spiro atoms. The summed E-state index contributed by atoms with van der Waals surface area (Å²) < 4.78 is 21.5. The van der Waals surface area contributed by atoms with Crippen molar-refractivity contribution in [2.75, 3.05) is 19.7 Å². The lowest BCUT2D eigenvalue weighted by molar-refractivity contribution is 0.135. The van der Waals surface area contributed by atoms with Gasteiger partial charge in [0.15, 0.2) is 0 Å². The lowest BCUT2D eigenvalue weighted by atomic mass is 9.97. The number of hydrogen-bond donors (Lipinski definition) is 0. The van der Waals surface area contributed by atoms with Crippen molar-refractivity contribution in [2.45, 2.75) is 26.3 Å². The number of piperidine rings is 1. The molecule has 4 nitrogen and oxygen atoms in total. The predicted molar refractivity (Wildman–Crippen MR) is 117 cm³/mol. The highest BCUT2D eigenvalue weighted by Crippen LogP contribution is 2.26. The zero-order valence-corrected chi connectivity index (χ0v) is 17.2. The lowest BCUT2D eigenvalue weighted by Crippen LogP contribution is -2.35. The van der Waals surface area contributed by atoms with Gasteiger partial charge in [0.2, 0.25) is 5.88 Å². The van der Waals surface area contributed by atoms with Gasteiger partial charge in [0.1, 0.15) is 11.3 Å². The minimum atomic E-state index is -0.177. The van der Waals surface area contributed by atoms with Crippen LogP contribution in [0.3, 0.4) is 0 Å². The first-order valence-electron chi connectivity index (χ1n) is 10.6. The van der Waals surface area contributed by atoms with E-state index in [1.807, 2.05) is 18.2 Å². The Balaban J connectivity index is 1.23. The number of hydrogen-bond acceptors (Lipinski definition) is 3. The Bertz CT molecular complexity index is 1160. The van der Waals surface area contributed by atoms with E-state index in [9.17, 15) is 4.39 Å². The maximum absolute atomic E-state index is 13.1. The Kier molecular flexibility index (Phi) is 5.13. The van der Waals surface area contributed by atoms with Crippen LogP contribution in [0.25, 0.3) is 16.6 Å². The molecule has 5 rings (SSSR count). The van der Waals surface area contributed by atoms with Gasteiger partial charge in [0.05, 0.1) is 17.6 Å². The number of ether oxygens (including phenoxy) is 1. The van der Waals surface area contributed by atoms with Gasteiger partial charge in [0.25, 0.3) is 0 Å². The lowest BCUT2D eigenvalue weighted by Gasteiger charge is -2.31. The smallest absolute Gasteiger partial charge is 0.238 e. The molecule has 0 bridgehead atoms. The molecule has 0 saturated carbocycles. The minimum Gasteiger partial charge on any atom is -0.476 e.